The van der Waals surface area contributed by atoms with Gasteiger partial charge in [-0.3, -0.25) is 4.79 Å². The van der Waals surface area contributed by atoms with Gasteiger partial charge < -0.3 is 11.1 Å². The Hall–Kier alpha value is -2.13. The van der Waals surface area contributed by atoms with Gasteiger partial charge in [0.25, 0.3) is 0 Å². The van der Waals surface area contributed by atoms with Crippen LogP contribution < -0.4 is 11.1 Å². The summed E-state index contributed by atoms with van der Waals surface area (Å²) < 4.78 is 0. The van der Waals surface area contributed by atoms with E-state index in [1.54, 1.807) is 0 Å². The molecule has 0 fully saturated rings. The molecular weight excluding hydrogens is 236 g/mol. The van der Waals surface area contributed by atoms with Crippen molar-refractivity contribution in [2.75, 3.05) is 0 Å². The fraction of sp³-hybridized carbons (Fsp3) is 0.188. The minimum atomic E-state index is -0.812. The van der Waals surface area contributed by atoms with Crippen molar-refractivity contribution in [3.05, 3.63) is 71.3 Å². The van der Waals surface area contributed by atoms with Crippen LogP contribution >= 0.6 is 0 Å². The van der Waals surface area contributed by atoms with Crippen molar-refractivity contribution in [2.45, 2.75) is 18.5 Å². The average molecular weight is 252 g/mol. The van der Waals surface area contributed by atoms with Gasteiger partial charge >= 0.3 is 0 Å². The standard InChI is InChI=1S/C16H16N2O/c17-16(11-12-6-2-1-3-7-12)14-9-5-4-8-13(14)10-15(19)18-16/h1-9H,10-11,17H2,(H,18,19). The molecule has 19 heavy (non-hydrogen) atoms. The van der Waals surface area contributed by atoms with Gasteiger partial charge in [-0.2, -0.15) is 0 Å². The molecule has 96 valence electrons. The summed E-state index contributed by atoms with van der Waals surface area (Å²) in [7, 11) is 0. The van der Waals surface area contributed by atoms with Crippen LogP contribution in [0.15, 0.2) is 54.6 Å². The number of hydrogen-bond acceptors (Lipinski definition) is 2. The predicted octanol–water partition coefficient (Wildman–Crippen LogP) is 1.71. The lowest BCUT2D eigenvalue weighted by Gasteiger charge is -2.36. The molecule has 3 N–H and O–H groups in total. The Morgan fingerprint density at radius 2 is 1.74 bits per heavy atom. The molecule has 1 unspecified atom stereocenters. The molecule has 3 nitrogen and oxygen atoms in total. The van der Waals surface area contributed by atoms with E-state index in [0.717, 1.165) is 16.7 Å². The first-order valence-electron chi connectivity index (χ1n) is 6.40. The van der Waals surface area contributed by atoms with Crippen molar-refractivity contribution in [2.24, 2.45) is 5.73 Å². The number of nitrogens with two attached hydrogens (primary N) is 1. The molecule has 1 heterocycles. The van der Waals surface area contributed by atoms with Crippen LogP contribution in [-0.4, -0.2) is 5.91 Å². The molecule has 2 aromatic carbocycles. The van der Waals surface area contributed by atoms with Gasteiger partial charge in [0.15, 0.2) is 0 Å². The Bertz CT molecular complexity index is 609. The Kier molecular flexibility index (Phi) is 2.84. The predicted molar refractivity (Wildman–Crippen MR) is 74.3 cm³/mol. The molecule has 0 saturated carbocycles. The Balaban J connectivity index is 2.01. The van der Waals surface area contributed by atoms with Crippen molar-refractivity contribution in [1.82, 2.24) is 5.32 Å². The molecule has 0 saturated heterocycles. The van der Waals surface area contributed by atoms with Gasteiger partial charge in [-0.05, 0) is 16.7 Å². The Morgan fingerprint density at radius 3 is 2.53 bits per heavy atom. The number of hydrogen-bond donors (Lipinski definition) is 2. The third kappa shape index (κ3) is 2.25. The van der Waals surface area contributed by atoms with Crippen LogP contribution in [0.2, 0.25) is 0 Å². The smallest absolute Gasteiger partial charge is 0.226 e. The van der Waals surface area contributed by atoms with Gasteiger partial charge in [0.05, 0.1) is 6.42 Å². The van der Waals surface area contributed by atoms with Crippen LogP contribution in [0.1, 0.15) is 16.7 Å². The number of benzene rings is 2. The summed E-state index contributed by atoms with van der Waals surface area (Å²) in [4.78, 5) is 11.8. The Morgan fingerprint density at radius 1 is 1.05 bits per heavy atom. The van der Waals surface area contributed by atoms with Crippen molar-refractivity contribution in [3.8, 4) is 0 Å². The van der Waals surface area contributed by atoms with Crippen LogP contribution in [0.4, 0.5) is 0 Å². The topological polar surface area (TPSA) is 55.1 Å². The van der Waals surface area contributed by atoms with Gasteiger partial charge in [-0.15, -0.1) is 0 Å². The van der Waals surface area contributed by atoms with Crippen molar-refractivity contribution >= 4 is 5.91 Å². The zero-order chi connectivity index (χ0) is 13.3. The average Bonchev–Trinajstić information content (AvgIpc) is 2.39. The summed E-state index contributed by atoms with van der Waals surface area (Å²) in [5.74, 6) is -0.0165. The molecule has 3 rings (SSSR count). The highest BCUT2D eigenvalue weighted by molar-refractivity contribution is 5.82. The lowest BCUT2D eigenvalue weighted by molar-refractivity contribution is -0.123. The second kappa shape index (κ2) is 4.52. The van der Waals surface area contributed by atoms with E-state index >= 15 is 0 Å². The van der Waals surface area contributed by atoms with E-state index in [1.165, 1.54) is 0 Å². The SMILES string of the molecule is NC1(Cc2ccccc2)NC(=O)Cc2ccccc21. The van der Waals surface area contributed by atoms with Crippen LogP contribution in [0.25, 0.3) is 0 Å². The third-order valence-electron chi connectivity index (χ3n) is 3.54. The quantitative estimate of drug-likeness (QED) is 0.855. The summed E-state index contributed by atoms with van der Waals surface area (Å²) in [6, 6.07) is 17.9. The number of rotatable bonds is 2. The summed E-state index contributed by atoms with van der Waals surface area (Å²) >= 11 is 0. The van der Waals surface area contributed by atoms with Crippen molar-refractivity contribution in [1.29, 1.82) is 0 Å². The molecule has 1 amide bonds. The van der Waals surface area contributed by atoms with E-state index in [0.29, 0.717) is 12.8 Å². The first kappa shape index (κ1) is 11.9. The molecule has 0 radical (unpaired) electrons. The second-order valence-electron chi connectivity index (χ2n) is 5.02. The van der Waals surface area contributed by atoms with Crippen LogP contribution in [-0.2, 0) is 23.3 Å². The molecular formula is C16H16N2O. The van der Waals surface area contributed by atoms with E-state index in [-0.39, 0.29) is 5.91 Å². The summed E-state index contributed by atoms with van der Waals surface area (Å²) in [6.45, 7) is 0. The molecule has 2 aromatic rings. The highest BCUT2D eigenvalue weighted by Gasteiger charge is 2.35. The molecule has 0 bridgehead atoms. The molecule has 1 aliphatic heterocycles. The molecule has 1 aliphatic rings. The van der Waals surface area contributed by atoms with E-state index in [9.17, 15) is 4.79 Å². The van der Waals surface area contributed by atoms with E-state index in [2.05, 4.69) is 5.32 Å². The van der Waals surface area contributed by atoms with E-state index < -0.39 is 5.66 Å². The van der Waals surface area contributed by atoms with Gasteiger partial charge in [-0.25, -0.2) is 0 Å². The van der Waals surface area contributed by atoms with Crippen LogP contribution in [0, 0.1) is 0 Å². The number of nitrogens with one attached hydrogen (secondary N) is 1. The Labute approximate surface area is 112 Å². The zero-order valence-corrected chi connectivity index (χ0v) is 10.6. The monoisotopic (exact) mass is 252 g/mol. The largest absolute Gasteiger partial charge is 0.334 e. The number of fused-ring (bicyclic) bond motifs is 1. The highest BCUT2D eigenvalue weighted by Crippen LogP contribution is 2.27. The second-order valence-corrected chi connectivity index (χ2v) is 5.02. The maximum Gasteiger partial charge on any atom is 0.226 e. The van der Waals surface area contributed by atoms with Gasteiger partial charge in [0, 0.05) is 6.42 Å². The lowest BCUT2D eigenvalue weighted by Crippen LogP contribution is -2.58. The maximum atomic E-state index is 11.8. The van der Waals surface area contributed by atoms with Crippen LogP contribution in [0.5, 0.6) is 0 Å². The summed E-state index contributed by atoms with van der Waals surface area (Å²) in [5, 5.41) is 2.94. The zero-order valence-electron chi connectivity index (χ0n) is 10.6. The normalized spacial score (nSPS) is 21.6. The summed E-state index contributed by atoms with van der Waals surface area (Å²) in [6.07, 6.45) is 1.00. The first-order chi connectivity index (χ1) is 9.17. The molecule has 0 spiro atoms. The molecule has 3 heteroatoms. The fourth-order valence-electron chi connectivity index (χ4n) is 2.70. The fourth-order valence-corrected chi connectivity index (χ4v) is 2.70. The summed E-state index contributed by atoms with van der Waals surface area (Å²) in [5.41, 5.74) is 8.79. The lowest BCUT2D eigenvalue weighted by atomic mass is 9.85. The maximum absolute atomic E-state index is 11.8. The minimum absolute atomic E-state index is 0.0165. The number of carbonyl (C=O) groups is 1. The first-order valence-corrected chi connectivity index (χ1v) is 6.40. The van der Waals surface area contributed by atoms with Crippen molar-refractivity contribution in [3.63, 3.8) is 0 Å². The minimum Gasteiger partial charge on any atom is -0.334 e. The van der Waals surface area contributed by atoms with Crippen molar-refractivity contribution < 1.29 is 4.79 Å². The third-order valence-corrected chi connectivity index (χ3v) is 3.54. The van der Waals surface area contributed by atoms with Gasteiger partial charge in [0.2, 0.25) is 5.91 Å². The van der Waals surface area contributed by atoms with Gasteiger partial charge in [0.1, 0.15) is 5.66 Å². The van der Waals surface area contributed by atoms with E-state index in [1.807, 2.05) is 54.6 Å². The van der Waals surface area contributed by atoms with E-state index in [4.69, 9.17) is 5.73 Å². The van der Waals surface area contributed by atoms with Crippen LogP contribution in [0.3, 0.4) is 0 Å². The molecule has 0 aliphatic carbocycles. The van der Waals surface area contributed by atoms with Gasteiger partial charge in [-0.1, -0.05) is 54.6 Å². The number of carbonyl (C=O) groups excluding carboxylic acids is 1. The molecule has 0 aromatic heterocycles. The number of amides is 1. The highest BCUT2D eigenvalue weighted by atomic mass is 16.1. The molecule has 1 atom stereocenters.